The molecule has 1 aromatic carbocycles. The first-order valence-electron chi connectivity index (χ1n) is 8.63. The lowest BCUT2D eigenvalue weighted by atomic mass is 9.90. The Hall–Kier alpha value is -1.53. The monoisotopic (exact) mass is 299 g/mol. The highest BCUT2D eigenvalue weighted by Crippen LogP contribution is 2.25. The van der Waals surface area contributed by atoms with Crippen LogP contribution in [0.3, 0.4) is 0 Å². The Morgan fingerprint density at radius 3 is 2.18 bits per heavy atom. The van der Waals surface area contributed by atoms with Crippen molar-refractivity contribution in [2.45, 2.75) is 52.0 Å². The van der Waals surface area contributed by atoms with Gasteiger partial charge in [-0.2, -0.15) is 5.26 Å². The van der Waals surface area contributed by atoms with E-state index in [0.717, 1.165) is 32.6 Å². The number of piperidine rings is 1. The Morgan fingerprint density at radius 1 is 1.09 bits per heavy atom. The molecule has 120 valence electrons. The zero-order valence-corrected chi connectivity index (χ0v) is 14.3. The van der Waals surface area contributed by atoms with Gasteiger partial charge in [0.15, 0.2) is 0 Å². The van der Waals surface area contributed by atoms with Crippen molar-refractivity contribution in [2.75, 3.05) is 31.1 Å². The molecule has 0 radical (unpaired) electrons. The van der Waals surface area contributed by atoms with Gasteiger partial charge in [-0.15, -0.1) is 0 Å². The van der Waals surface area contributed by atoms with E-state index in [1.54, 1.807) is 0 Å². The summed E-state index contributed by atoms with van der Waals surface area (Å²) >= 11 is 0. The van der Waals surface area contributed by atoms with Crippen LogP contribution in [0.15, 0.2) is 24.3 Å². The zero-order valence-electron chi connectivity index (χ0n) is 14.3. The number of nitrogens with zero attached hydrogens (tertiary/aromatic N) is 3. The first kappa shape index (κ1) is 16.8. The minimum Gasteiger partial charge on any atom is -0.372 e. The van der Waals surface area contributed by atoms with Gasteiger partial charge in [-0.25, -0.2) is 0 Å². The largest absolute Gasteiger partial charge is 0.372 e. The highest BCUT2D eigenvalue weighted by atomic mass is 15.2. The lowest BCUT2D eigenvalue weighted by molar-refractivity contribution is 0.124. The molecule has 0 aliphatic carbocycles. The maximum atomic E-state index is 9.72. The van der Waals surface area contributed by atoms with Gasteiger partial charge in [0.25, 0.3) is 0 Å². The summed E-state index contributed by atoms with van der Waals surface area (Å²) in [5.74, 6) is 0. The van der Waals surface area contributed by atoms with Crippen molar-refractivity contribution in [3.05, 3.63) is 29.8 Å². The first-order valence-corrected chi connectivity index (χ1v) is 8.63. The minimum absolute atomic E-state index is 0.378. The summed E-state index contributed by atoms with van der Waals surface area (Å²) in [6.45, 7) is 10.6. The molecule has 1 aliphatic heterocycles. The van der Waals surface area contributed by atoms with E-state index in [0.29, 0.717) is 0 Å². The van der Waals surface area contributed by atoms with Gasteiger partial charge in [0.2, 0.25) is 0 Å². The smallest absolute Gasteiger partial charge is 0.110 e. The topological polar surface area (TPSA) is 30.3 Å². The molecule has 1 fully saturated rings. The second-order valence-electron chi connectivity index (χ2n) is 6.45. The predicted octanol–water partition coefficient (Wildman–Crippen LogP) is 3.84. The molecule has 0 N–H and O–H groups in total. The van der Waals surface area contributed by atoms with Crippen molar-refractivity contribution >= 4 is 5.69 Å². The maximum absolute atomic E-state index is 9.72. The summed E-state index contributed by atoms with van der Waals surface area (Å²) in [5, 5.41) is 9.72. The fourth-order valence-corrected chi connectivity index (χ4v) is 3.42. The van der Waals surface area contributed by atoms with Crippen molar-refractivity contribution in [3.63, 3.8) is 0 Å². The van der Waals surface area contributed by atoms with Gasteiger partial charge in [-0.1, -0.05) is 18.6 Å². The summed E-state index contributed by atoms with van der Waals surface area (Å²) in [5.41, 5.74) is 2.15. The molecule has 1 heterocycles. The van der Waals surface area contributed by atoms with E-state index >= 15 is 0 Å². The van der Waals surface area contributed by atoms with Crippen LogP contribution in [0.1, 0.15) is 45.6 Å². The van der Waals surface area contributed by atoms with E-state index in [4.69, 9.17) is 0 Å². The van der Waals surface area contributed by atoms with Crippen LogP contribution in [0.5, 0.6) is 0 Å². The number of hydrogen-bond acceptors (Lipinski definition) is 3. The van der Waals surface area contributed by atoms with Crippen molar-refractivity contribution in [3.8, 4) is 6.07 Å². The van der Waals surface area contributed by atoms with Crippen LogP contribution < -0.4 is 4.90 Å². The standard InChI is InChI=1S/C19H29N3/c1-4-21(5-2)18-11-9-17(10-12-18)15-19(3,16-20)22-13-7-6-8-14-22/h9-12H,4-8,13-15H2,1-3H3. The number of likely N-dealkylation sites (tertiary alicyclic amines) is 1. The summed E-state index contributed by atoms with van der Waals surface area (Å²) in [6.07, 6.45) is 4.55. The molecule has 22 heavy (non-hydrogen) atoms. The quantitative estimate of drug-likeness (QED) is 0.799. The summed E-state index contributed by atoms with van der Waals surface area (Å²) in [4.78, 5) is 4.71. The van der Waals surface area contributed by atoms with E-state index in [-0.39, 0.29) is 5.54 Å². The summed E-state index contributed by atoms with van der Waals surface area (Å²) in [7, 11) is 0. The second kappa shape index (κ2) is 7.65. The van der Waals surface area contributed by atoms with Crippen molar-refractivity contribution in [1.29, 1.82) is 5.26 Å². The predicted molar refractivity (Wildman–Crippen MR) is 93.1 cm³/mol. The van der Waals surface area contributed by atoms with Gasteiger partial charge in [-0.3, -0.25) is 4.90 Å². The fraction of sp³-hybridized carbons (Fsp3) is 0.632. The van der Waals surface area contributed by atoms with Crippen molar-refractivity contribution in [2.24, 2.45) is 0 Å². The van der Waals surface area contributed by atoms with Crippen LogP contribution in [0, 0.1) is 11.3 Å². The number of rotatable bonds is 6. The number of anilines is 1. The SMILES string of the molecule is CCN(CC)c1ccc(CC(C)(C#N)N2CCCCC2)cc1. The molecule has 3 heteroatoms. The zero-order chi connectivity index (χ0) is 16.0. The van der Waals surface area contributed by atoms with Crippen molar-refractivity contribution in [1.82, 2.24) is 4.90 Å². The third kappa shape index (κ3) is 3.81. The molecule has 0 spiro atoms. The van der Waals surface area contributed by atoms with E-state index in [1.165, 1.54) is 30.5 Å². The summed E-state index contributed by atoms with van der Waals surface area (Å²) < 4.78 is 0. The Morgan fingerprint density at radius 2 is 1.68 bits per heavy atom. The fourth-order valence-electron chi connectivity index (χ4n) is 3.42. The average Bonchev–Trinajstić information content (AvgIpc) is 2.58. The molecule has 1 saturated heterocycles. The summed E-state index contributed by atoms with van der Waals surface area (Å²) in [6, 6.07) is 11.3. The van der Waals surface area contributed by atoms with Crippen LogP contribution in [0.2, 0.25) is 0 Å². The Bertz CT molecular complexity index is 492. The highest BCUT2D eigenvalue weighted by Gasteiger charge is 2.32. The lowest BCUT2D eigenvalue weighted by Crippen LogP contribution is -2.49. The van der Waals surface area contributed by atoms with Crippen LogP contribution >= 0.6 is 0 Å². The molecule has 0 bridgehead atoms. The van der Waals surface area contributed by atoms with E-state index in [9.17, 15) is 5.26 Å². The average molecular weight is 299 g/mol. The third-order valence-electron chi connectivity index (χ3n) is 4.91. The van der Waals surface area contributed by atoms with Crippen LogP contribution in [-0.4, -0.2) is 36.6 Å². The van der Waals surface area contributed by atoms with Gasteiger partial charge in [0.05, 0.1) is 6.07 Å². The molecular formula is C19H29N3. The highest BCUT2D eigenvalue weighted by molar-refractivity contribution is 5.47. The van der Waals surface area contributed by atoms with Gasteiger partial charge < -0.3 is 4.90 Å². The van der Waals surface area contributed by atoms with Gasteiger partial charge in [0, 0.05) is 25.2 Å². The molecule has 1 aliphatic rings. The Labute approximate surface area is 135 Å². The van der Waals surface area contributed by atoms with Crippen molar-refractivity contribution < 1.29 is 0 Å². The molecule has 3 nitrogen and oxygen atoms in total. The molecule has 1 aromatic rings. The second-order valence-corrected chi connectivity index (χ2v) is 6.45. The molecule has 0 saturated carbocycles. The van der Waals surface area contributed by atoms with Crippen LogP contribution in [0.4, 0.5) is 5.69 Å². The minimum atomic E-state index is -0.378. The Kier molecular flexibility index (Phi) is 5.85. The molecule has 2 rings (SSSR count). The van der Waals surface area contributed by atoms with E-state index in [2.05, 4.69) is 60.9 Å². The first-order chi connectivity index (χ1) is 10.6. The normalized spacial score (nSPS) is 18.5. The maximum Gasteiger partial charge on any atom is 0.110 e. The van der Waals surface area contributed by atoms with Crippen LogP contribution in [0.25, 0.3) is 0 Å². The number of nitriles is 1. The van der Waals surface area contributed by atoms with Crippen LogP contribution in [-0.2, 0) is 6.42 Å². The van der Waals surface area contributed by atoms with E-state index < -0.39 is 0 Å². The molecular weight excluding hydrogens is 270 g/mol. The molecule has 1 unspecified atom stereocenters. The van der Waals surface area contributed by atoms with Gasteiger partial charge in [0.1, 0.15) is 5.54 Å². The van der Waals surface area contributed by atoms with Gasteiger partial charge >= 0.3 is 0 Å². The molecule has 1 atom stereocenters. The number of hydrogen-bond donors (Lipinski definition) is 0. The molecule has 0 aromatic heterocycles. The number of benzene rings is 1. The Balaban J connectivity index is 2.09. The molecule has 0 amide bonds. The van der Waals surface area contributed by atoms with E-state index in [1.807, 2.05) is 0 Å². The lowest BCUT2D eigenvalue weighted by Gasteiger charge is -2.38. The van der Waals surface area contributed by atoms with Gasteiger partial charge in [-0.05, 0) is 64.4 Å². The third-order valence-corrected chi connectivity index (χ3v) is 4.91.